The number of hydrogen-bond acceptors (Lipinski definition) is 7. The molecule has 2 saturated heterocycles. The van der Waals surface area contributed by atoms with Gasteiger partial charge in [-0.1, -0.05) is 12.8 Å². The summed E-state index contributed by atoms with van der Waals surface area (Å²) >= 11 is 7.49. The van der Waals surface area contributed by atoms with Gasteiger partial charge in [-0.2, -0.15) is 0 Å². The van der Waals surface area contributed by atoms with Gasteiger partial charge in [0, 0.05) is 0 Å². The van der Waals surface area contributed by atoms with Crippen molar-refractivity contribution in [3.05, 3.63) is 0 Å². The van der Waals surface area contributed by atoms with Gasteiger partial charge in [0.2, 0.25) is 5.91 Å². The molecule has 0 aromatic carbocycles. The van der Waals surface area contributed by atoms with E-state index < -0.39 is 41.3 Å². The highest BCUT2D eigenvalue weighted by Crippen LogP contribution is 2.30. The van der Waals surface area contributed by atoms with Crippen LogP contribution in [0.3, 0.4) is 0 Å². The second-order valence-electron chi connectivity index (χ2n) is 6.74. The number of nitrogens with one attached hydrogen (secondary N) is 2. The van der Waals surface area contributed by atoms with Crippen molar-refractivity contribution in [3.63, 3.8) is 0 Å². The number of carbonyl (C=O) groups is 1. The number of alkyl halides is 1. The first kappa shape index (κ1) is 21.2. The lowest BCUT2D eigenvalue weighted by molar-refractivity contribution is -0.205. The molecule has 146 valence electrons. The predicted octanol–water partition coefficient (Wildman–Crippen LogP) is -0.199. The van der Waals surface area contributed by atoms with E-state index in [1.807, 2.05) is 0 Å². The minimum Gasteiger partial charge on any atom is -0.388 e. The normalized spacial score (nSPS) is 39.3. The zero-order chi connectivity index (χ0) is 18.6. The minimum absolute atomic E-state index is 0.184. The molecular formula is C16H29ClN2O5S. The van der Waals surface area contributed by atoms with E-state index in [1.165, 1.54) is 11.8 Å². The molecule has 0 spiro atoms. The Balaban J connectivity index is 2.09. The van der Waals surface area contributed by atoms with E-state index in [0.29, 0.717) is 0 Å². The number of carbonyl (C=O) groups excluding carboxylic acids is 1. The topological polar surface area (TPSA) is 111 Å². The number of thioether (sulfide) groups is 1. The van der Waals surface area contributed by atoms with Crippen molar-refractivity contribution in [2.75, 3.05) is 12.8 Å². The maximum Gasteiger partial charge on any atom is 0.237 e. The number of rotatable bonds is 5. The quantitative estimate of drug-likeness (QED) is 0.409. The van der Waals surface area contributed by atoms with Gasteiger partial charge in [0.25, 0.3) is 0 Å². The fraction of sp³-hybridized carbons (Fsp3) is 0.938. The molecule has 2 rings (SSSR count). The van der Waals surface area contributed by atoms with Crippen LogP contribution in [0.25, 0.3) is 0 Å². The molecule has 8 atom stereocenters. The zero-order valence-electron chi connectivity index (χ0n) is 14.6. The van der Waals surface area contributed by atoms with Crippen LogP contribution in [0.15, 0.2) is 0 Å². The van der Waals surface area contributed by atoms with Crippen LogP contribution in [-0.4, -0.2) is 81.3 Å². The Morgan fingerprint density at radius 1 is 1.24 bits per heavy atom. The van der Waals surface area contributed by atoms with Gasteiger partial charge in [0.15, 0.2) is 0 Å². The van der Waals surface area contributed by atoms with E-state index in [-0.39, 0.29) is 11.9 Å². The van der Waals surface area contributed by atoms with Crippen molar-refractivity contribution in [1.29, 1.82) is 0 Å². The Labute approximate surface area is 157 Å². The first-order valence-corrected chi connectivity index (χ1v) is 10.5. The van der Waals surface area contributed by atoms with Gasteiger partial charge in [-0.15, -0.1) is 23.4 Å². The molecule has 7 nitrogen and oxygen atoms in total. The number of halogens is 1. The van der Waals surface area contributed by atoms with Crippen LogP contribution in [0.4, 0.5) is 0 Å². The summed E-state index contributed by atoms with van der Waals surface area (Å²) in [6, 6.07) is -0.987. The Kier molecular flexibility index (Phi) is 8.26. The molecule has 0 bridgehead atoms. The van der Waals surface area contributed by atoms with Gasteiger partial charge in [-0.05, 0) is 32.6 Å². The van der Waals surface area contributed by atoms with E-state index >= 15 is 0 Å². The summed E-state index contributed by atoms with van der Waals surface area (Å²) in [5.74, 6) is -0.184. The van der Waals surface area contributed by atoms with Crippen molar-refractivity contribution in [2.24, 2.45) is 0 Å². The maximum absolute atomic E-state index is 12.6. The second kappa shape index (κ2) is 9.73. The third kappa shape index (κ3) is 5.22. The molecule has 2 heterocycles. The predicted molar refractivity (Wildman–Crippen MR) is 97.7 cm³/mol. The van der Waals surface area contributed by atoms with Crippen molar-refractivity contribution < 1.29 is 24.9 Å². The van der Waals surface area contributed by atoms with E-state index in [0.717, 1.165) is 32.2 Å². The van der Waals surface area contributed by atoms with Crippen molar-refractivity contribution >= 4 is 29.3 Å². The molecule has 0 saturated carbocycles. The highest BCUT2D eigenvalue weighted by Gasteiger charge is 2.48. The second-order valence-corrected chi connectivity index (χ2v) is 8.37. The molecule has 2 aliphatic heterocycles. The summed E-state index contributed by atoms with van der Waals surface area (Å²) in [5, 5.41) is 36.0. The highest BCUT2D eigenvalue weighted by atomic mass is 35.5. The summed E-state index contributed by atoms with van der Waals surface area (Å²) in [5.41, 5.74) is -0.700. The van der Waals surface area contributed by atoms with Crippen LogP contribution in [0.5, 0.6) is 0 Å². The van der Waals surface area contributed by atoms with Crippen LogP contribution in [0, 0.1) is 0 Å². The summed E-state index contributed by atoms with van der Waals surface area (Å²) in [6.45, 7) is 2.50. The molecular weight excluding hydrogens is 368 g/mol. The molecule has 0 unspecified atom stereocenters. The maximum atomic E-state index is 12.6. The number of ether oxygens (including phenoxy) is 1. The van der Waals surface area contributed by atoms with Gasteiger partial charge < -0.3 is 30.7 Å². The van der Waals surface area contributed by atoms with Crippen LogP contribution < -0.4 is 10.6 Å². The lowest BCUT2D eigenvalue weighted by Gasteiger charge is -2.44. The monoisotopic (exact) mass is 396 g/mol. The molecule has 0 aromatic heterocycles. The Morgan fingerprint density at radius 3 is 2.60 bits per heavy atom. The van der Waals surface area contributed by atoms with E-state index in [1.54, 1.807) is 13.2 Å². The first-order chi connectivity index (χ1) is 11.9. The van der Waals surface area contributed by atoms with Gasteiger partial charge in [0.05, 0.1) is 17.5 Å². The van der Waals surface area contributed by atoms with Gasteiger partial charge in [0.1, 0.15) is 29.9 Å². The molecule has 0 aliphatic carbocycles. The molecule has 2 fully saturated rings. The van der Waals surface area contributed by atoms with Crippen molar-refractivity contribution in [2.45, 2.75) is 79.9 Å². The summed E-state index contributed by atoms with van der Waals surface area (Å²) < 4.78 is 5.75. The Bertz CT molecular complexity index is 435. The molecule has 0 radical (unpaired) electrons. The van der Waals surface area contributed by atoms with Crippen LogP contribution in [0.2, 0.25) is 0 Å². The fourth-order valence-electron chi connectivity index (χ4n) is 3.34. The molecule has 1 amide bonds. The lowest BCUT2D eigenvalue weighted by Crippen LogP contribution is -2.65. The smallest absolute Gasteiger partial charge is 0.237 e. The number of aliphatic hydroxyl groups is 3. The molecule has 2 aliphatic rings. The van der Waals surface area contributed by atoms with Crippen molar-refractivity contribution in [1.82, 2.24) is 10.6 Å². The number of hydrogen-bond donors (Lipinski definition) is 5. The SMILES string of the molecule is CS[C@H]1O[C@H]([C@H](NC(=O)[C@@H]2CCCCCN2)[C@H](C)Cl)[C@H](O)[C@H](O)[C@H]1O. The summed E-state index contributed by atoms with van der Waals surface area (Å²) in [7, 11) is 0. The van der Waals surface area contributed by atoms with Gasteiger partial charge in [-0.25, -0.2) is 0 Å². The van der Waals surface area contributed by atoms with Gasteiger partial charge in [-0.3, -0.25) is 4.79 Å². The standard InChI is InChI=1S/C16H29ClN2O5S/c1-8(17)10(19-15(23)9-6-4-3-5-7-18-9)14-12(21)11(20)13(22)16(24-14)25-2/h8-14,16,18,20-22H,3-7H2,1-2H3,(H,19,23)/t8-,9-,10+,11-,12+,13+,14+,16+/m0/s1. The third-order valence-corrected chi connectivity index (χ3v) is 6.00. The number of amides is 1. The first-order valence-electron chi connectivity index (χ1n) is 8.77. The Morgan fingerprint density at radius 2 is 1.96 bits per heavy atom. The zero-order valence-corrected chi connectivity index (χ0v) is 16.2. The Hall–Kier alpha value is -0.0900. The summed E-state index contributed by atoms with van der Waals surface area (Å²) in [4.78, 5) is 12.6. The van der Waals surface area contributed by atoms with Crippen molar-refractivity contribution in [3.8, 4) is 0 Å². The van der Waals surface area contributed by atoms with Crippen LogP contribution >= 0.6 is 23.4 Å². The van der Waals surface area contributed by atoms with Crippen LogP contribution in [0.1, 0.15) is 32.6 Å². The average molecular weight is 397 g/mol. The van der Waals surface area contributed by atoms with E-state index in [9.17, 15) is 20.1 Å². The highest BCUT2D eigenvalue weighted by molar-refractivity contribution is 7.99. The van der Waals surface area contributed by atoms with E-state index in [4.69, 9.17) is 16.3 Å². The van der Waals surface area contributed by atoms with Gasteiger partial charge >= 0.3 is 0 Å². The molecule has 9 heteroatoms. The molecule has 25 heavy (non-hydrogen) atoms. The lowest BCUT2D eigenvalue weighted by atomic mass is 9.93. The summed E-state index contributed by atoms with van der Waals surface area (Å²) in [6.07, 6.45) is 0.798. The molecule has 0 aromatic rings. The molecule has 5 N–H and O–H groups in total. The number of aliphatic hydroxyl groups excluding tert-OH is 3. The minimum atomic E-state index is -1.36. The van der Waals surface area contributed by atoms with E-state index in [2.05, 4.69) is 10.6 Å². The van der Waals surface area contributed by atoms with Crippen LogP contribution in [-0.2, 0) is 9.53 Å². The largest absolute Gasteiger partial charge is 0.388 e. The average Bonchev–Trinajstić information content (AvgIpc) is 2.87. The fourth-order valence-corrected chi connectivity index (χ4v) is 4.23. The third-order valence-electron chi connectivity index (χ3n) is 4.87.